The first kappa shape index (κ1) is 14.2. The van der Waals surface area contributed by atoms with Gasteiger partial charge in [0.05, 0.1) is 11.4 Å². The average Bonchev–Trinajstić information content (AvgIpc) is 2.49. The fourth-order valence-electron chi connectivity index (χ4n) is 2.71. The van der Waals surface area contributed by atoms with E-state index in [0.717, 1.165) is 28.2 Å². The Morgan fingerprint density at radius 2 is 1.64 bits per heavy atom. The molecule has 0 bridgehead atoms. The first-order valence-corrected chi connectivity index (χ1v) is 7.36. The van der Waals surface area contributed by atoms with Gasteiger partial charge in [0.15, 0.2) is 0 Å². The van der Waals surface area contributed by atoms with Crippen molar-refractivity contribution < 1.29 is 0 Å². The predicted octanol–water partition coefficient (Wildman–Crippen LogP) is 5.12. The molecule has 0 saturated heterocycles. The van der Waals surface area contributed by atoms with Crippen LogP contribution in [0, 0.1) is 13.8 Å². The Morgan fingerprint density at radius 1 is 0.955 bits per heavy atom. The van der Waals surface area contributed by atoms with E-state index in [1.807, 2.05) is 25.1 Å². The van der Waals surface area contributed by atoms with Gasteiger partial charge in [-0.25, -0.2) is 0 Å². The van der Waals surface area contributed by atoms with Gasteiger partial charge in [0, 0.05) is 11.3 Å². The van der Waals surface area contributed by atoms with Crippen LogP contribution in [0.5, 0.6) is 0 Å². The monoisotopic (exact) mass is 288 g/mol. The molecule has 0 amide bonds. The minimum atomic E-state index is 0.736. The SMILES string of the molecule is C=C(Nc1ccc(C)cc1N)c1cc2ccccc2cc1C. The second-order valence-corrected chi connectivity index (χ2v) is 5.71. The first-order valence-electron chi connectivity index (χ1n) is 7.36. The Bertz CT molecular complexity index is 863. The molecule has 3 aromatic carbocycles. The molecule has 3 N–H and O–H groups in total. The van der Waals surface area contributed by atoms with Gasteiger partial charge in [-0.15, -0.1) is 0 Å². The van der Waals surface area contributed by atoms with E-state index in [-0.39, 0.29) is 0 Å². The summed E-state index contributed by atoms with van der Waals surface area (Å²) in [5, 5.41) is 5.79. The van der Waals surface area contributed by atoms with Crippen LogP contribution in [-0.2, 0) is 0 Å². The summed E-state index contributed by atoms with van der Waals surface area (Å²) in [6, 6.07) is 18.7. The first-order chi connectivity index (χ1) is 10.5. The van der Waals surface area contributed by atoms with Crippen LogP contribution in [-0.4, -0.2) is 0 Å². The molecule has 0 unspecified atom stereocenters. The third-order valence-corrected chi connectivity index (χ3v) is 3.91. The number of benzene rings is 3. The van der Waals surface area contributed by atoms with E-state index in [4.69, 9.17) is 5.73 Å². The van der Waals surface area contributed by atoms with E-state index in [9.17, 15) is 0 Å². The van der Waals surface area contributed by atoms with Crippen molar-refractivity contribution in [1.29, 1.82) is 0 Å². The maximum atomic E-state index is 6.07. The number of hydrogen-bond donors (Lipinski definition) is 2. The summed E-state index contributed by atoms with van der Waals surface area (Å²) in [7, 11) is 0. The van der Waals surface area contributed by atoms with E-state index >= 15 is 0 Å². The molecule has 0 atom stereocenters. The maximum Gasteiger partial charge on any atom is 0.0618 e. The normalized spacial score (nSPS) is 10.6. The molecule has 0 heterocycles. The molecule has 0 radical (unpaired) electrons. The molecular formula is C20H20N2. The lowest BCUT2D eigenvalue weighted by molar-refractivity contribution is 1.42. The molecule has 0 saturated carbocycles. The van der Waals surface area contributed by atoms with E-state index < -0.39 is 0 Å². The predicted molar refractivity (Wildman–Crippen MR) is 96.9 cm³/mol. The van der Waals surface area contributed by atoms with Crippen molar-refractivity contribution in [2.24, 2.45) is 0 Å². The summed E-state index contributed by atoms with van der Waals surface area (Å²) >= 11 is 0. The van der Waals surface area contributed by atoms with Crippen molar-refractivity contribution in [2.75, 3.05) is 11.1 Å². The Kier molecular flexibility index (Phi) is 3.60. The molecule has 2 heteroatoms. The molecule has 3 rings (SSSR count). The summed E-state index contributed by atoms with van der Waals surface area (Å²) in [5.74, 6) is 0. The van der Waals surface area contributed by atoms with Crippen molar-refractivity contribution >= 4 is 27.8 Å². The molecule has 110 valence electrons. The highest BCUT2D eigenvalue weighted by atomic mass is 14.9. The molecule has 0 spiro atoms. The van der Waals surface area contributed by atoms with E-state index in [1.54, 1.807) is 0 Å². The summed E-state index contributed by atoms with van der Waals surface area (Å²) < 4.78 is 0. The highest BCUT2D eigenvalue weighted by molar-refractivity contribution is 5.90. The standard InChI is InChI=1S/C20H20N2/c1-13-8-9-20(19(21)10-13)22-15(3)18-12-17-7-5-4-6-16(17)11-14(18)2/h4-12,22H,3,21H2,1-2H3. The van der Waals surface area contributed by atoms with E-state index in [2.05, 4.69) is 55.2 Å². The molecule has 2 nitrogen and oxygen atoms in total. The molecule has 22 heavy (non-hydrogen) atoms. The summed E-state index contributed by atoms with van der Waals surface area (Å²) in [4.78, 5) is 0. The minimum absolute atomic E-state index is 0.736. The zero-order chi connectivity index (χ0) is 15.7. The second kappa shape index (κ2) is 5.57. The number of nitrogens with one attached hydrogen (secondary N) is 1. The van der Waals surface area contributed by atoms with Gasteiger partial charge < -0.3 is 11.1 Å². The van der Waals surface area contributed by atoms with Crippen LogP contribution in [0.15, 0.2) is 61.2 Å². The van der Waals surface area contributed by atoms with Gasteiger partial charge in [0.1, 0.15) is 0 Å². The number of nitrogens with two attached hydrogens (primary N) is 1. The topological polar surface area (TPSA) is 38.0 Å². The zero-order valence-electron chi connectivity index (χ0n) is 13.0. The number of hydrogen-bond acceptors (Lipinski definition) is 2. The van der Waals surface area contributed by atoms with Gasteiger partial charge in [0.2, 0.25) is 0 Å². The molecule has 3 aromatic rings. The van der Waals surface area contributed by atoms with Crippen LogP contribution in [0.2, 0.25) is 0 Å². The van der Waals surface area contributed by atoms with Crippen LogP contribution < -0.4 is 11.1 Å². The molecule has 0 aromatic heterocycles. The maximum absolute atomic E-state index is 6.07. The lowest BCUT2D eigenvalue weighted by atomic mass is 10.00. The Morgan fingerprint density at radius 3 is 2.32 bits per heavy atom. The summed E-state index contributed by atoms with van der Waals surface area (Å²) in [6.07, 6.45) is 0. The van der Waals surface area contributed by atoms with Gasteiger partial charge in [-0.3, -0.25) is 0 Å². The fraction of sp³-hybridized carbons (Fsp3) is 0.100. The van der Waals surface area contributed by atoms with Gasteiger partial charge in [-0.2, -0.15) is 0 Å². The smallest absolute Gasteiger partial charge is 0.0618 e. The Labute approximate surface area is 131 Å². The summed E-state index contributed by atoms with van der Waals surface area (Å²) in [6.45, 7) is 8.32. The Balaban J connectivity index is 1.96. The third-order valence-electron chi connectivity index (χ3n) is 3.91. The van der Waals surface area contributed by atoms with Crippen LogP contribution in [0.25, 0.3) is 16.5 Å². The molecule has 0 aliphatic carbocycles. The van der Waals surface area contributed by atoms with Crippen molar-refractivity contribution in [3.8, 4) is 0 Å². The largest absolute Gasteiger partial charge is 0.397 e. The van der Waals surface area contributed by atoms with Gasteiger partial charge in [0.25, 0.3) is 0 Å². The van der Waals surface area contributed by atoms with Crippen LogP contribution in [0.1, 0.15) is 16.7 Å². The number of nitrogen functional groups attached to an aromatic ring is 1. The van der Waals surface area contributed by atoms with Crippen LogP contribution >= 0.6 is 0 Å². The lowest BCUT2D eigenvalue weighted by Gasteiger charge is -2.15. The lowest BCUT2D eigenvalue weighted by Crippen LogP contribution is -2.02. The van der Waals surface area contributed by atoms with E-state index in [0.29, 0.717) is 0 Å². The minimum Gasteiger partial charge on any atom is -0.397 e. The van der Waals surface area contributed by atoms with Gasteiger partial charge >= 0.3 is 0 Å². The summed E-state index contributed by atoms with van der Waals surface area (Å²) in [5.41, 5.74) is 12.0. The van der Waals surface area contributed by atoms with Crippen LogP contribution in [0.3, 0.4) is 0 Å². The second-order valence-electron chi connectivity index (χ2n) is 5.71. The van der Waals surface area contributed by atoms with Gasteiger partial charge in [-0.1, -0.05) is 43.0 Å². The number of rotatable bonds is 3. The fourth-order valence-corrected chi connectivity index (χ4v) is 2.71. The molecule has 0 fully saturated rings. The number of anilines is 2. The van der Waals surface area contributed by atoms with Crippen molar-refractivity contribution in [3.05, 3.63) is 77.9 Å². The zero-order valence-corrected chi connectivity index (χ0v) is 13.0. The molecular weight excluding hydrogens is 268 g/mol. The Hall–Kier alpha value is -2.74. The quantitative estimate of drug-likeness (QED) is 0.656. The number of fused-ring (bicyclic) bond motifs is 1. The molecule has 0 aliphatic heterocycles. The molecule has 0 aliphatic rings. The highest BCUT2D eigenvalue weighted by Crippen LogP contribution is 2.28. The van der Waals surface area contributed by atoms with Crippen molar-refractivity contribution in [2.45, 2.75) is 13.8 Å². The van der Waals surface area contributed by atoms with Gasteiger partial charge in [-0.05, 0) is 53.9 Å². The van der Waals surface area contributed by atoms with E-state index in [1.165, 1.54) is 16.3 Å². The third kappa shape index (κ3) is 2.68. The highest BCUT2D eigenvalue weighted by Gasteiger charge is 2.07. The van der Waals surface area contributed by atoms with Crippen molar-refractivity contribution in [3.63, 3.8) is 0 Å². The number of aryl methyl sites for hydroxylation is 2. The van der Waals surface area contributed by atoms with Crippen molar-refractivity contribution in [1.82, 2.24) is 0 Å². The average molecular weight is 288 g/mol. The van der Waals surface area contributed by atoms with Crippen LogP contribution in [0.4, 0.5) is 11.4 Å².